The zero-order valence-corrected chi connectivity index (χ0v) is 18.6. The molecule has 0 spiro atoms. The number of fused-ring (bicyclic) bond motifs is 1. The highest BCUT2D eigenvalue weighted by atomic mass is 19.4. The molecule has 1 atom stereocenters. The van der Waals surface area contributed by atoms with Crippen LogP contribution in [0, 0.1) is 11.3 Å². The maximum Gasteiger partial charge on any atom is 0.422 e. The molecule has 0 radical (unpaired) electrons. The fraction of sp³-hybridized carbons (Fsp3) is 0.480. The van der Waals surface area contributed by atoms with Gasteiger partial charge in [-0.3, -0.25) is 0 Å². The molecule has 3 rings (SSSR count). The van der Waals surface area contributed by atoms with Crippen LogP contribution in [0.3, 0.4) is 0 Å². The highest BCUT2D eigenvalue weighted by molar-refractivity contribution is 5.68. The Labute approximate surface area is 206 Å². The van der Waals surface area contributed by atoms with Crippen LogP contribution in [-0.4, -0.2) is 56.6 Å². The van der Waals surface area contributed by atoms with Crippen molar-refractivity contribution in [3.05, 3.63) is 53.1 Å². The molecule has 1 heterocycles. The smallest absolute Gasteiger partial charge is 0.422 e. The number of halogens is 3. The third-order valence-corrected chi connectivity index (χ3v) is 5.12. The molecule has 0 amide bonds. The largest absolute Gasteiger partial charge is 0.488 e. The van der Waals surface area contributed by atoms with Crippen LogP contribution in [0.4, 0.5) is 18.9 Å². The van der Waals surface area contributed by atoms with Crippen molar-refractivity contribution in [1.29, 1.82) is 5.26 Å². The summed E-state index contributed by atoms with van der Waals surface area (Å²) >= 11 is 0. The van der Waals surface area contributed by atoms with Crippen LogP contribution in [-0.2, 0) is 12.8 Å². The number of rotatable bonds is 12. The molecule has 6 nitrogen and oxygen atoms in total. The summed E-state index contributed by atoms with van der Waals surface area (Å²) < 4.78 is 95.7. The fourth-order valence-electron chi connectivity index (χ4n) is 3.75. The lowest BCUT2D eigenvalue weighted by Gasteiger charge is -2.21. The van der Waals surface area contributed by atoms with Gasteiger partial charge in [0.2, 0.25) is 0 Å². The number of para-hydroxylation sites is 2. The van der Waals surface area contributed by atoms with E-state index in [2.05, 4.69) is 16.1 Å². The van der Waals surface area contributed by atoms with Crippen LogP contribution >= 0.6 is 0 Å². The quantitative estimate of drug-likeness (QED) is 0.478. The first-order valence-corrected chi connectivity index (χ1v) is 10.7. The second-order valence-corrected chi connectivity index (χ2v) is 7.80. The van der Waals surface area contributed by atoms with Crippen LogP contribution in [0.2, 0.25) is 0 Å². The number of benzene rings is 2. The van der Waals surface area contributed by atoms with E-state index in [-0.39, 0.29) is 13.0 Å². The van der Waals surface area contributed by atoms with E-state index in [4.69, 9.17) is 18.1 Å². The van der Waals surface area contributed by atoms with Crippen molar-refractivity contribution in [2.45, 2.75) is 38.4 Å². The molecule has 0 aliphatic carbocycles. The first kappa shape index (κ1) is 18.4. The van der Waals surface area contributed by atoms with Gasteiger partial charge in [-0.05, 0) is 55.5 Å². The Balaban J connectivity index is 1.74. The van der Waals surface area contributed by atoms with Gasteiger partial charge in [-0.2, -0.15) is 18.4 Å². The summed E-state index contributed by atoms with van der Waals surface area (Å²) in [6, 6.07) is 9.64. The number of nitriles is 1. The lowest BCUT2D eigenvalue weighted by atomic mass is 9.99. The van der Waals surface area contributed by atoms with Crippen molar-refractivity contribution in [1.82, 2.24) is 5.32 Å². The van der Waals surface area contributed by atoms with Gasteiger partial charge in [-0.25, -0.2) is 0 Å². The van der Waals surface area contributed by atoms with E-state index in [1.54, 1.807) is 13.0 Å². The van der Waals surface area contributed by atoms with Crippen LogP contribution in [0.1, 0.15) is 38.3 Å². The zero-order valence-electron chi connectivity index (χ0n) is 24.6. The number of nitrogens with zero attached hydrogens (tertiary/aromatic N) is 2. The number of alkyl halides is 3. The van der Waals surface area contributed by atoms with E-state index < -0.39 is 43.3 Å². The predicted molar refractivity (Wildman–Crippen MR) is 123 cm³/mol. The highest BCUT2D eigenvalue weighted by Gasteiger charge is 2.29. The number of nitrogens with one attached hydrogen (secondary N) is 1. The maximum absolute atomic E-state index is 13.0. The minimum absolute atomic E-state index is 0.0373. The van der Waals surface area contributed by atoms with Gasteiger partial charge in [0.05, 0.1) is 16.7 Å². The van der Waals surface area contributed by atoms with Crippen molar-refractivity contribution >= 4 is 5.69 Å². The van der Waals surface area contributed by atoms with E-state index in [9.17, 15) is 18.4 Å². The third kappa shape index (κ3) is 7.27. The Morgan fingerprint density at radius 1 is 1.26 bits per heavy atom. The van der Waals surface area contributed by atoms with Gasteiger partial charge in [-0.1, -0.05) is 18.2 Å². The van der Waals surface area contributed by atoms with Crippen molar-refractivity contribution in [3.63, 3.8) is 0 Å². The Morgan fingerprint density at radius 2 is 2.00 bits per heavy atom. The van der Waals surface area contributed by atoms with Gasteiger partial charge in [-0.15, -0.1) is 0 Å². The number of aliphatic hydroxyl groups excluding tert-OH is 1. The number of hydrogen-bond acceptors (Lipinski definition) is 6. The number of ether oxygens (including phenoxy) is 2. The molecule has 0 unspecified atom stereocenters. The molecule has 0 bridgehead atoms. The van der Waals surface area contributed by atoms with Gasteiger partial charge in [0.15, 0.2) is 18.1 Å². The molecule has 2 aromatic carbocycles. The Hall–Kier alpha value is -2.96. The van der Waals surface area contributed by atoms with Gasteiger partial charge in [0.25, 0.3) is 0 Å². The van der Waals surface area contributed by atoms with E-state index in [1.807, 2.05) is 11.0 Å². The fourth-order valence-corrected chi connectivity index (χ4v) is 3.75. The molecule has 184 valence electrons. The summed E-state index contributed by atoms with van der Waals surface area (Å²) in [6.45, 7) is -7.13. The van der Waals surface area contributed by atoms with Gasteiger partial charge in [0, 0.05) is 35.0 Å². The lowest BCUT2D eigenvalue weighted by Crippen LogP contribution is -2.32. The minimum Gasteiger partial charge on any atom is -0.488 e. The molecular formula is C25H30F3N3O3. The van der Waals surface area contributed by atoms with Crippen molar-refractivity contribution in [2.24, 2.45) is 0 Å². The number of anilines is 1. The highest BCUT2D eigenvalue weighted by Crippen LogP contribution is 2.33. The average Bonchev–Trinajstić information content (AvgIpc) is 3.24. The van der Waals surface area contributed by atoms with Crippen LogP contribution in [0.25, 0.3) is 0 Å². The summed E-state index contributed by atoms with van der Waals surface area (Å²) in [5.74, 6) is -1.38. The van der Waals surface area contributed by atoms with Crippen molar-refractivity contribution in [2.75, 3.05) is 44.2 Å². The molecule has 1 aliphatic heterocycles. The minimum atomic E-state index is -5.38. The average molecular weight is 484 g/mol. The monoisotopic (exact) mass is 483 g/mol. The van der Waals surface area contributed by atoms with E-state index >= 15 is 0 Å². The molecule has 2 N–H and O–H groups in total. The SMILES string of the molecule is [2H]C([2H])(N[C@H](C)Cc1cc(C#N)c2c(c1)CCN2CCCO)C([2H])([2H])Oc1ccccc1OC([2H])([2H])C(F)(F)F. The van der Waals surface area contributed by atoms with E-state index in [0.717, 1.165) is 28.9 Å². The van der Waals surface area contributed by atoms with Gasteiger partial charge >= 0.3 is 6.18 Å². The maximum atomic E-state index is 13.0. The van der Waals surface area contributed by atoms with E-state index in [0.29, 0.717) is 31.5 Å². The first-order valence-electron chi connectivity index (χ1n) is 13.7. The summed E-state index contributed by atoms with van der Waals surface area (Å²) in [5.41, 5.74) is 2.95. The molecule has 0 saturated carbocycles. The first-order chi connectivity index (χ1) is 18.5. The normalized spacial score (nSPS) is 17.8. The molecule has 9 heteroatoms. The summed E-state index contributed by atoms with van der Waals surface area (Å²) in [4.78, 5) is 2.04. The second-order valence-electron chi connectivity index (χ2n) is 7.80. The Morgan fingerprint density at radius 3 is 2.68 bits per heavy atom. The predicted octanol–water partition coefficient (Wildman–Crippen LogP) is 3.84. The molecule has 0 aromatic heterocycles. The second kappa shape index (κ2) is 12.0. The number of hydrogen-bond donors (Lipinski definition) is 2. The molecule has 0 fully saturated rings. The van der Waals surface area contributed by atoms with Gasteiger partial charge in [0.1, 0.15) is 12.6 Å². The molecular weight excluding hydrogens is 447 g/mol. The van der Waals surface area contributed by atoms with Crippen LogP contribution in [0.5, 0.6) is 11.5 Å². The van der Waals surface area contributed by atoms with Crippen LogP contribution < -0.4 is 19.7 Å². The Bertz CT molecular complexity index is 1240. The van der Waals surface area contributed by atoms with Crippen molar-refractivity contribution < 1.29 is 36.0 Å². The topological polar surface area (TPSA) is 77.8 Å². The van der Waals surface area contributed by atoms with E-state index in [1.165, 1.54) is 12.1 Å². The standard InChI is InChI=1S/C25H30F3N3O3/c1-18(30-8-12-33-22-5-2-3-6-23(22)34-17-25(26,27)28)13-19-14-20-7-10-31(9-4-11-32)24(20)21(15-19)16-29/h2-3,5-6,14-15,18,30,32H,4,7-13,17H2,1H3/t18-/m1/s1/i8D2,12D2,17D2. The summed E-state index contributed by atoms with van der Waals surface area (Å²) in [5, 5.41) is 21.4. The van der Waals surface area contributed by atoms with Gasteiger partial charge < -0.3 is 24.8 Å². The Kier molecular flexibility index (Phi) is 6.46. The zero-order chi connectivity index (χ0) is 29.9. The summed E-state index contributed by atoms with van der Waals surface area (Å²) in [7, 11) is 0. The lowest BCUT2D eigenvalue weighted by molar-refractivity contribution is -0.153. The third-order valence-electron chi connectivity index (χ3n) is 5.12. The van der Waals surface area contributed by atoms with Crippen LogP contribution in [0.15, 0.2) is 36.4 Å². The molecule has 1 aliphatic rings. The molecule has 34 heavy (non-hydrogen) atoms. The molecule has 2 aromatic rings. The molecule has 0 saturated heterocycles. The number of aliphatic hydroxyl groups is 1. The summed E-state index contributed by atoms with van der Waals surface area (Å²) in [6.07, 6.45) is -3.89. The van der Waals surface area contributed by atoms with Crippen molar-refractivity contribution in [3.8, 4) is 17.6 Å².